The van der Waals surface area contributed by atoms with Crippen molar-refractivity contribution < 1.29 is 14.3 Å². The van der Waals surface area contributed by atoms with Crippen molar-refractivity contribution in [1.29, 1.82) is 0 Å². The van der Waals surface area contributed by atoms with E-state index in [1.807, 2.05) is 18.2 Å². The Morgan fingerprint density at radius 1 is 0.867 bits per heavy atom. The molecule has 2 amide bonds. The molecule has 3 saturated heterocycles. The van der Waals surface area contributed by atoms with E-state index in [2.05, 4.69) is 48.8 Å². The van der Waals surface area contributed by atoms with Crippen LogP contribution in [0.3, 0.4) is 0 Å². The molecule has 11 heteroatoms. The summed E-state index contributed by atoms with van der Waals surface area (Å²) >= 11 is 6.59. The second-order valence-electron chi connectivity index (χ2n) is 19.9. The standard InChI is InChI=1S/C49H55ClN6O4/c50-38-5-4-6-40-42(38)45(59)52-46-49(13-2-1-3-14-49)37-25-32(7-10-39(37)56(40)46)31-11-19-54(20-12-31)33-26-47(27-33)15-23-55(24-16-47)41(57)29-53-21-17-48(18-22-53)30-60-43-35-28-51-44(58)34(35)8-9-36(43)48/h4-10,25,31,33H,1-3,11-24,26-30H2,(H,51,58). The van der Waals surface area contributed by atoms with Crippen LogP contribution in [-0.2, 0) is 22.2 Å². The average molecular weight is 827 g/mol. The molecule has 10 nitrogen and oxygen atoms in total. The number of hydrogen-bond donors (Lipinski definition) is 1. The van der Waals surface area contributed by atoms with Gasteiger partial charge in [0.1, 0.15) is 11.6 Å². The number of halogens is 1. The Morgan fingerprint density at radius 2 is 1.65 bits per heavy atom. The highest BCUT2D eigenvalue weighted by molar-refractivity contribution is 6.35. The molecule has 6 aliphatic heterocycles. The van der Waals surface area contributed by atoms with E-state index in [0.717, 1.165) is 119 Å². The highest BCUT2D eigenvalue weighted by atomic mass is 35.5. The number of piperidine rings is 3. The number of fused-ring (bicyclic) bond motifs is 11. The Hall–Kier alpha value is -4.25. The highest BCUT2D eigenvalue weighted by Gasteiger charge is 2.50. The molecule has 2 aliphatic carbocycles. The summed E-state index contributed by atoms with van der Waals surface area (Å²) in [5, 5.41) is 3.93. The van der Waals surface area contributed by atoms with E-state index >= 15 is 0 Å². The monoisotopic (exact) mass is 826 g/mol. The summed E-state index contributed by atoms with van der Waals surface area (Å²) in [5.74, 6) is 2.67. The summed E-state index contributed by atoms with van der Waals surface area (Å²) in [6, 6.07) is 17.7. The number of amides is 2. The van der Waals surface area contributed by atoms with Gasteiger partial charge < -0.3 is 19.9 Å². The normalized spacial score (nSPS) is 24.3. The molecule has 1 N–H and O–H groups in total. The van der Waals surface area contributed by atoms with Crippen LogP contribution in [0.4, 0.5) is 0 Å². The molecule has 12 rings (SSSR count). The van der Waals surface area contributed by atoms with Crippen molar-refractivity contribution in [3.05, 3.63) is 97.5 Å². The van der Waals surface area contributed by atoms with Crippen LogP contribution < -0.4 is 15.6 Å². The van der Waals surface area contributed by atoms with Crippen LogP contribution in [0.2, 0.25) is 5.02 Å². The summed E-state index contributed by atoms with van der Waals surface area (Å²) in [6.07, 6.45) is 14.7. The first-order valence-corrected chi connectivity index (χ1v) is 23.3. The SMILES string of the molecule is O=C1NCc2c1ccc1c2OCC12CCN(CC(=O)N1CCC3(CC1)CC(N1CCC(c4ccc5c(c4)C4(CCCCC4)c4nc(=O)c6c(Cl)cccc6n4-5)CC1)C3)CC2. The maximum Gasteiger partial charge on any atom is 0.282 e. The Labute approximate surface area is 356 Å². The molecule has 60 heavy (non-hydrogen) atoms. The van der Waals surface area contributed by atoms with E-state index < -0.39 is 0 Å². The van der Waals surface area contributed by atoms with Crippen molar-refractivity contribution in [2.45, 2.75) is 113 Å². The summed E-state index contributed by atoms with van der Waals surface area (Å²) in [6.45, 7) is 7.60. The number of likely N-dealkylation sites (tertiary alicyclic amines) is 3. The van der Waals surface area contributed by atoms with Gasteiger partial charge in [-0.3, -0.25) is 23.9 Å². The lowest BCUT2D eigenvalue weighted by atomic mass is 9.59. The van der Waals surface area contributed by atoms with Gasteiger partial charge in [0.25, 0.3) is 11.5 Å². The zero-order chi connectivity index (χ0) is 40.4. The number of aromatic nitrogens is 2. The summed E-state index contributed by atoms with van der Waals surface area (Å²) in [7, 11) is 0. The maximum absolute atomic E-state index is 13.6. The van der Waals surface area contributed by atoms with Gasteiger partial charge in [-0.15, -0.1) is 0 Å². The summed E-state index contributed by atoms with van der Waals surface area (Å²) in [5.41, 5.74) is 7.85. The molecule has 7 heterocycles. The maximum atomic E-state index is 13.6. The number of ether oxygens (including phenoxy) is 1. The summed E-state index contributed by atoms with van der Waals surface area (Å²) in [4.78, 5) is 51.3. The van der Waals surface area contributed by atoms with Crippen molar-refractivity contribution in [2.75, 3.05) is 52.4 Å². The molecule has 1 aromatic heterocycles. The molecule has 0 atom stereocenters. The average Bonchev–Trinajstić information content (AvgIpc) is 3.91. The number of rotatable bonds is 4. The van der Waals surface area contributed by atoms with E-state index in [-0.39, 0.29) is 28.2 Å². The third-order valence-corrected chi connectivity index (χ3v) is 17.3. The first-order valence-electron chi connectivity index (χ1n) is 22.9. The van der Waals surface area contributed by atoms with E-state index in [9.17, 15) is 14.4 Å². The predicted molar refractivity (Wildman–Crippen MR) is 231 cm³/mol. The fourth-order valence-corrected chi connectivity index (χ4v) is 13.6. The Kier molecular flexibility index (Phi) is 8.68. The number of nitrogens with one attached hydrogen (secondary N) is 1. The smallest absolute Gasteiger partial charge is 0.282 e. The minimum Gasteiger partial charge on any atom is -0.492 e. The van der Waals surface area contributed by atoms with E-state index in [0.29, 0.717) is 47.5 Å². The van der Waals surface area contributed by atoms with E-state index in [1.54, 1.807) is 6.07 Å². The third-order valence-electron chi connectivity index (χ3n) is 17.0. The Morgan fingerprint density at radius 3 is 2.43 bits per heavy atom. The zero-order valence-corrected chi connectivity index (χ0v) is 35.3. The molecule has 3 spiro atoms. The zero-order valence-electron chi connectivity index (χ0n) is 34.6. The van der Waals surface area contributed by atoms with Gasteiger partial charge in [-0.2, -0.15) is 4.98 Å². The summed E-state index contributed by atoms with van der Waals surface area (Å²) < 4.78 is 8.51. The van der Waals surface area contributed by atoms with Crippen molar-refractivity contribution in [1.82, 2.24) is 29.6 Å². The first-order chi connectivity index (χ1) is 29.2. The largest absolute Gasteiger partial charge is 0.492 e. The van der Waals surface area contributed by atoms with Crippen molar-refractivity contribution in [3.8, 4) is 11.4 Å². The molecular formula is C49H55ClN6O4. The van der Waals surface area contributed by atoms with Gasteiger partial charge in [-0.05, 0) is 137 Å². The molecule has 2 saturated carbocycles. The van der Waals surface area contributed by atoms with Gasteiger partial charge in [-0.1, -0.05) is 55.1 Å². The topological polar surface area (TPSA) is 100 Å². The second kappa shape index (κ2) is 13.9. The van der Waals surface area contributed by atoms with Crippen LogP contribution in [0, 0.1) is 5.41 Å². The van der Waals surface area contributed by atoms with Gasteiger partial charge in [0.15, 0.2) is 0 Å². The van der Waals surface area contributed by atoms with Gasteiger partial charge in [0.05, 0.1) is 40.2 Å². The number of carbonyl (C=O) groups is 2. The van der Waals surface area contributed by atoms with Crippen LogP contribution in [0.1, 0.15) is 128 Å². The minimum absolute atomic E-state index is 0.00439. The minimum atomic E-state index is -0.209. The van der Waals surface area contributed by atoms with Crippen LogP contribution in [0.5, 0.6) is 5.75 Å². The lowest BCUT2D eigenvalue weighted by molar-refractivity contribution is -0.137. The van der Waals surface area contributed by atoms with E-state index in [4.69, 9.17) is 21.3 Å². The molecule has 5 fully saturated rings. The van der Waals surface area contributed by atoms with Crippen LogP contribution >= 0.6 is 11.6 Å². The van der Waals surface area contributed by atoms with Gasteiger partial charge >= 0.3 is 0 Å². The Balaban J connectivity index is 0.646. The molecular weight excluding hydrogens is 772 g/mol. The molecule has 0 bridgehead atoms. The number of carbonyl (C=O) groups excluding carboxylic acids is 2. The van der Waals surface area contributed by atoms with Gasteiger partial charge in [0.2, 0.25) is 5.91 Å². The first kappa shape index (κ1) is 37.5. The molecule has 312 valence electrons. The lowest BCUT2D eigenvalue weighted by Crippen LogP contribution is -2.57. The van der Waals surface area contributed by atoms with Gasteiger partial charge in [-0.25, -0.2) is 0 Å². The Bertz CT molecular complexity index is 2500. The predicted octanol–water partition coefficient (Wildman–Crippen LogP) is 7.22. The van der Waals surface area contributed by atoms with Gasteiger partial charge in [0, 0.05) is 47.8 Å². The van der Waals surface area contributed by atoms with Crippen LogP contribution in [0.25, 0.3) is 16.6 Å². The fourth-order valence-electron chi connectivity index (χ4n) is 13.4. The number of hydrogen-bond acceptors (Lipinski definition) is 7. The molecule has 0 radical (unpaired) electrons. The molecule has 8 aliphatic rings. The highest BCUT2D eigenvalue weighted by Crippen LogP contribution is 2.54. The lowest BCUT2D eigenvalue weighted by Gasteiger charge is -2.56. The molecule has 0 unspecified atom stereocenters. The second-order valence-corrected chi connectivity index (χ2v) is 20.3. The van der Waals surface area contributed by atoms with Crippen LogP contribution in [0.15, 0.2) is 53.3 Å². The van der Waals surface area contributed by atoms with E-state index in [1.165, 1.54) is 54.5 Å². The number of nitrogens with zero attached hydrogens (tertiary/aromatic N) is 5. The molecule has 4 aromatic rings. The quantitative estimate of drug-likeness (QED) is 0.232. The van der Waals surface area contributed by atoms with Crippen LogP contribution in [-0.4, -0.2) is 94.5 Å². The van der Waals surface area contributed by atoms with Crippen molar-refractivity contribution in [2.24, 2.45) is 5.41 Å². The molecule has 3 aromatic carbocycles. The van der Waals surface area contributed by atoms with Crippen molar-refractivity contribution in [3.63, 3.8) is 0 Å². The fraction of sp³-hybridized carbons (Fsp3) is 0.551. The number of benzene rings is 3. The third kappa shape index (κ3) is 5.65. The van der Waals surface area contributed by atoms with Crippen molar-refractivity contribution >= 4 is 34.3 Å².